The number of benzene rings is 1. The molecule has 0 saturated heterocycles. The third-order valence-corrected chi connectivity index (χ3v) is 3.25. The largest absolute Gasteiger partial charge is 0.351 e. The van der Waals surface area contributed by atoms with E-state index >= 15 is 0 Å². The highest BCUT2D eigenvalue weighted by molar-refractivity contribution is 5.96. The first-order chi connectivity index (χ1) is 10.6. The molecule has 1 heterocycles. The van der Waals surface area contributed by atoms with Crippen molar-refractivity contribution in [3.63, 3.8) is 0 Å². The predicted molar refractivity (Wildman–Crippen MR) is 81.8 cm³/mol. The van der Waals surface area contributed by atoms with Gasteiger partial charge in [0.05, 0.1) is 12.6 Å². The standard InChI is InChI=1S/C15H19N5O2/c1-11(14(21)19-15(16)22)17-9-12-5-2-3-6-13(12)10-20-8-4-7-18-20/h2-8,11,17H,9-10H2,1H3,(H3,16,19,21,22)/t11-/m1/s1. The van der Waals surface area contributed by atoms with E-state index in [9.17, 15) is 9.59 Å². The van der Waals surface area contributed by atoms with Gasteiger partial charge in [0.25, 0.3) is 0 Å². The van der Waals surface area contributed by atoms with Gasteiger partial charge >= 0.3 is 6.03 Å². The van der Waals surface area contributed by atoms with Crippen molar-refractivity contribution in [1.29, 1.82) is 0 Å². The molecule has 0 saturated carbocycles. The fraction of sp³-hybridized carbons (Fsp3) is 0.267. The van der Waals surface area contributed by atoms with Crippen LogP contribution >= 0.6 is 0 Å². The fourth-order valence-corrected chi connectivity index (χ4v) is 2.04. The summed E-state index contributed by atoms with van der Waals surface area (Å²) in [5.74, 6) is -0.447. The summed E-state index contributed by atoms with van der Waals surface area (Å²) in [5, 5.41) is 9.32. The highest BCUT2D eigenvalue weighted by atomic mass is 16.2. The Morgan fingerprint density at radius 2 is 2.00 bits per heavy atom. The third kappa shape index (κ3) is 4.42. The van der Waals surface area contributed by atoms with Crippen molar-refractivity contribution in [2.75, 3.05) is 0 Å². The molecule has 1 aromatic carbocycles. The minimum Gasteiger partial charge on any atom is -0.351 e. The van der Waals surface area contributed by atoms with E-state index in [-0.39, 0.29) is 0 Å². The summed E-state index contributed by atoms with van der Waals surface area (Å²) in [5.41, 5.74) is 7.11. The molecule has 1 atom stereocenters. The average molecular weight is 301 g/mol. The van der Waals surface area contributed by atoms with Crippen LogP contribution in [-0.4, -0.2) is 27.8 Å². The number of primary amides is 1. The first-order valence-electron chi connectivity index (χ1n) is 6.94. The monoisotopic (exact) mass is 301 g/mol. The molecule has 7 nitrogen and oxygen atoms in total. The second-order valence-electron chi connectivity index (χ2n) is 4.93. The molecule has 1 aromatic heterocycles. The molecule has 4 N–H and O–H groups in total. The number of hydrogen-bond donors (Lipinski definition) is 3. The van der Waals surface area contributed by atoms with Crippen LogP contribution in [-0.2, 0) is 17.9 Å². The minimum absolute atomic E-state index is 0.447. The SMILES string of the molecule is C[C@@H](NCc1ccccc1Cn1cccn1)C(=O)NC(N)=O. The number of nitrogens with two attached hydrogens (primary N) is 1. The third-order valence-electron chi connectivity index (χ3n) is 3.25. The van der Waals surface area contributed by atoms with E-state index in [0.717, 1.165) is 11.1 Å². The lowest BCUT2D eigenvalue weighted by molar-refractivity contribution is -0.121. The second kappa shape index (κ2) is 7.37. The minimum atomic E-state index is -0.849. The summed E-state index contributed by atoms with van der Waals surface area (Å²) < 4.78 is 1.84. The van der Waals surface area contributed by atoms with Crippen LogP contribution < -0.4 is 16.4 Å². The zero-order valence-electron chi connectivity index (χ0n) is 12.3. The van der Waals surface area contributed by atoms with Crippen LogP contribution in [0, 0.1) is 0 Å². The van der Waals surface area contributed by atoms with Gasteiger partial charge < -0.3 is 11.1 Å². The smallest absolute Gasteiger partial charge is 0.318 e. The molecule has 0 radical (unpaired) electrons. The highest BCUT2D eigenvalue weighted by Crippen LogP contribution is 2.10. The van der Waals surface area contributed by atoms with Crippen molar-refractivity contribution >= 4 is 11.9 Å². The average Bonchev–Trinajstić information content (AvgIpc) is 2.98. The number of aromatic nitrogens is 2. The number of rotatable bonds is 6. The van der Waals surface area contributed by atoms with Crippen molar-refractivity contribution in [3.8, 4) is 0 Å². The van der Waals surface area contributed by atoms with Gasteiger partial charge in [-0.3, -0.25) is 14.8 Å². The Hall–Kier alpha value is -2.67. The van der Waals surface area contributed by atoms with Crippen molar-refractivity contribution in [2.24, 2.45) is 5.73 Å². The number of urea groups is 1. The van der Waals surface area contributed by atoms with Crippen LogP contribution in [0.3, 0.4) is 0 Å². The zero-order chi connectivity index (χ0) is 15.9. The summed E-state index contributed by atoms with van der Waals surface area (Å²) >= 11 is 0. The van der Waals surface area contributed by atoms with Crippen molar-refractivity contribution in [1.82, 2.24) is 20.4 Å². The van der Waals surface area contributed by atoms with E-state index in [1.807, 2.05) is 41.2 Å². The van der Waals surface area contributed by atoms with E-state index in [4.69, 9.17) is 5.73 Å². The number of nitrogens with one attached hydrogen (secondary N) is 2. The van der Waals surface area contributed by atoms with Crippen LogP contribution in [0.5, 0.6) is 0 Å². The first kappa shape index (κ1) is 15.7. The quantitative estimate of drug-likeness (QED) is 0.727. The zero-order valence-corrected chi connectivity index (χ0v) is 12.3. The van der Waals surface area contributed by atoms with Crippen molar-refractivity contribution in [3.05, 3.63) is 53.9 Å². The molecule has 22 heavy (non-hydrogen) atoms. The fourth-order valence-electron chi connectivity index (χ4n) is 2.04. The van der Waals surface area contributed by atoms with Gasteiger partial charge in [0.15, 0.2) is 0 Å². The summed E-state index contributed by atoms with van der Waals surface area (Å²) in [7, 11) is 0. The molecule has 7 heteroatoms. The maximum atomic E-state index is 11.6. The summed E-state index contributed by atoms with van der Waals surface area (Å²) in [6, 6.07) is 8.42. The molecule has 0 fully saturated rings. The topological polar surface area (TPSA) is 102 Å². The van der Waals surface area contributed by atoms with Gasteiger partial charge in [0, 0.05) is 18.9 Å². The van der Waals surface area contributed by atoms with Gasteiger partial charge in [0.1, 0.15) is 0 Å². The molecule has 0 aliphatic rings. The van der Waals surface area contributed by atoms with E-state index in [2.05, 4.69) is 15.7 Å². The Morgan fingerprint density at radius 1 is 1.27 bits per heavy atom. The summed E-state index contributed by atoms with van der Waals surface area (Å²) in [6.45, 7) is 2.84. The summed E-state index contributed by atoms with van der Waals surface area (Å²) in [6.07, 6.45) is 3.63. The Bertz CT molecular complexity index is 639. The molecule has 0 aliphatic carbocycles. The molecule has 3 amide bonds. The van der Waals surface area contributed by atoms with E-state index < -0.39 is 18.0 Å². The second-order valence-corrected chi connectivity index (χ2v) is 4.93. The number of nitrogens with zero attached hydrogens (tertiary/aromatic N) is 2. The van der Waals surface area contributed by atoms with Gasteiger partial charge in [-0.1, -0.05) is 24.3 Å². The molecular weight excluding hydrogens is 282 g/mol. The Kier molecular flexibility index (Phi) is 5.26. The number of imide groups is 1. The Balaban J connectivity index is 1.98. The molecule has 116 valence electrons. The molecule has 0 aliphatic heterocycles. The summed E-state index contributed by atoms with van der Waals surface area (Å²) in [4.78, 5) is 22.3. The van der Waals surface area contributed by atoms with Crippen molar-refractivity contribution < 1.29 is 9.59 Å². The molecular formula is C15H19N5O2. The predicted octanol–water partition coefficient (Wildman–Crippen LogP) is 0.604. The van der Waals surface area contributed by atoms with E-state index in [1.165, 1.54) is 0 Å². The molecule has 0 spiro atoms. The van der Waals surface area contributed by atoms with Crippen LogP contribution in [0.2, 0.25) is 0 Å². The number of carbonyl (C=O) groups is 2. The maximum absolute atomic E-state index is 11.6. The number of hydrogen-bond acceptors (Lipinski definition) is 4. The lowest BCUT2D eigenvalue weighted by atomic mass is 10.1. The molecule has 0 unspecified atom stereocenters. The normalized spacial score (nSPS) is 11.9. The number of carbonyl (C=O) groups excluding carboxylic acids is 2. The maximum Gasteiger partial charge on any atom is 0.318 e. The van der Waals surface area contributed by atoms with Gasteiger partial charge in [-0.2, -0.15) is 5.10 Å². The van der Waals surface area contributed by atoms with Gasteiger partial charge in [0.2, 0.25) is 5.91 Å². The molecule has 0 bridgehead atoms. The Labute approximate surface area is 128 Å². The van der Waals surface area contributed by atoms with Gasteiger partial charge in [-0.25, -0.2) is 4.79 Å². The van der Waals surface area contributed by atoms with E-state index in [0.29, 0.717) is 13.1 Å². The number of amides is 3. The highest BCUT2D eigenvalue weighted by Gasteiger charge is 2.14. The first-order valence-corrected chi connectivity index (χ1v) is 6.94. The van der Waals surface area contributed by atoms with Crippen LogP contribution in [0.25, 0.3) is 0 Å². The lowest BCUT2D eigenvalue weighted by Crippen LogP contribution is -2.46. The molecule has 2 rings (SSSR count). The van der Waals surface area contributed by atoms with Gasteiger partial charge in [-0.05, 0) is 24.1 Å². The van der Waals surface area contributed by atoms with Crippen LogP contribution in [0.15, 0.2) is 42.7 Å². The van der Waals surface area contributed by atoms with Crippen LogP contribution in [0.1, 0.15) is 18.1 Å². The Morgan fingerprint density at radius 3 is 2.64 bits per heavy atom. The molecule has 2 aromatic rings. The van der Waals surface area contributed by atoms with Gasteiger partial charge in [-0.15, -0.1) is 0 Å². The lowest BCUT2D eigenvalue weighted by Gasteiger charge is -2.15. The van der Waals surface area contributed by atoms with Crippen LogP contribution in [0.4, 0.5) is 4.79 Å². The van der Waals surface area contributed by atoms with Crippen molar-refractivity contribution in [2.45, 2.75) is 26.1 Å². The van der Waals surface area contributed by atoms with E-state index in [1.54, 1.807) is 13.1 Å².